The zero-order valence-corrected chi connectivity index (χ0v) is 15.1. The fourth-order valence-corrected chi connectivity index (χ4v) is 3.02. The average Bonchev–Trinajstić information content (AvgIpc) is 2.68. The molecule has 0 radical (unpaired) electrons. The highest BCUT2D eigenvalue weighted by Gasteiger charge is 2.18. The Kier molecular flexibility index (Phi) is 5.51. The predicted molar refractivity (Wildman–Crippen MR) is 101 cm³/mol. The summed E-state index contributed by atoms with van der Waals surface area (Å²) in [7, 11) is 1.33. The second-order valence-electron chi connectivity index (χ2n) is 6.60. The highest BCUT2D eigenvalue weighted by atomic mass is 16.5. The SMILES string of the molecule is COC(=O)c1cccc(NC(=O)c2ccnc(N3CCC(C)CC3)c2)c1. The molecule has 0 atom stereocenters. The van der Waals surface area contributed by atoms with Gasteiger partial charge >= 0.3 is 5.97 Å². The number of rotatable bonds is 4. The first kappa shape index (κ1) is 17.9. The van der Waals surface area contributed by atoms with E-state index in [1.807, 2.05) is 6.07 Å². The highest BCUT2D eigenvalue weighted by Crippen LogP contribution is 2.22. The lowest BCUT2D eigenvalue weighted by Crippen LogP contribution is -2.33. The molecule has 1 aromatic carbocycles. The van der Waals surface area contributed by atoms with Gasteiger partial charge in [0.05, 0.1) is 12.7 Å². The van der Waals surface area contributed by atoms with E-state index in [1.165, 1.54) is 7.11 Å². The van der Waals surface area contributed by atoms with Crippen molar-refractivity contribution in [3.05, 3.63) is 53.7 Å². The van der Waals surface area contributed by atoms with Crippen LogP contribution in [0.5, 0.6) is 0 Å². The van der Waals surface area contributed by atoms with Crippen LogP contribution in [0.15, 0.2) is 42.6 Å². The second-order valence-corrected chi connectivity index (χ2v) is 6.60. The van der Waals surface area contributed by atoms with Crippen molar-refractivity contribution < 1.29 is 14.3 Å². The summed E-state index contributed by atoms with van der Waals surface area (Å²) in [5, 5.41) is 2.82. The minimum Gasteiger partial charge on any atom is -0.465 e. The van der Waals surface area contributed by atoms with Crippen LogP contribution in [0.4, 0.5) is 11.5 Å². The minimum atomic E-state index is -0.438. The number of hydrogen-bond donors (Lipinski definition) is 1. The number of pyridine rings is 1. The van der Waals surface area contributed by atoms with Gasteiger partial charge in [0, 0.05) is 30.5 Å². The minimum absolute atomic E-state index is 0.235. The van der Waals surface area contributed by atoms with E-state index in [1.54, 1.807) is 36.5 Å². The van der Waals surface area contributed by atoms with Crippen molar-refractivity contribution in [2.75, 3.05) is 30.4 Å². The van der Waals surface area contributed by atoms with Gasteiger partial charge in [0.1, 0.15) is 5.82 Å². The number of carbonyl (C=O) groups excluding carboxylic acids is 2. The molecule has 1 aliphatic heterocycles. The molecule has 1 aromatic heterocycles. The molecule has 0 aliphatic carbocycles. The molecule has 0 unspecified atom stereocenters. The van der Waals surface area contributed by atoms with Crippen molar-refractivity contribution in [1.82, 2.24) is 4.98 Å². The fraction of sp³-hybridized carbons (Fsp3) is 0.350. The predicted octanol–water partition coefficient (Wildman–Crippen LogP) is 3.36. The number of hydrogen-bond acceptors (Lipinski definition) is 5. The van der Waals surface area contributed by atoms with Gasteiger partial charge in [-0.05, 0) is 49.1 Å². The van der Waals surface area contributed by atoms with Crippen molar-refractivity contribution in [3.8, 4) is 0 Å². The third-order valence-corrected chi connectivity index (χ3v) is 4.66. The Hall–Kier alpha value is -2.89. The number of nitrogens with one attached hydrogen (secondary N) is 1. The number of methoxy groups -OCH3 is 1. The van der Waals surface area contributed by atoms with E-state index in [2.05, 4.69) is 22.1 Å². The van der Waals surface area contributed by atoms with Gasteiger partial charge in [-0.3, -0.25) is 4.79 Å². The summed E-state index contributed by atoms with van der Waals surface area (Å²) in [6.45, 7) is 4.18. The van der Waals surface area contributed by atoms with Crippen LogP contribution in [0.1, 0.15) is 40.5 Å². The number of nitrogens with zero attached hydrogens (tertiary/aromatic N) is 2. The first-order valence-corrected chi connectivity index (χ1v) is 8.77. The quantitative estimate of drug-likeness (QED) is 0.854. The van der Waals surface area contributed by atoms with Crippen LogP contribution >= 0.6 is 0 Å². The Morgan fingerprint density at radius 2 is 1.92 bits per heavy atom. The monoisotopic (exact) mass is 353 g/mol. The number of piperidine rings is 1. The normalized spacial score (nSPS) is 14.8. The molecule has 0 bridgehead atoms. The molecule has 0 spiro atoms. The summed E-state index contributed by atoms with van der Waals surface area (Å²) >= 11 is 0. The van der Waals surface area contributed by atoms with E-state index in [-0.39, 0.29) is 5.91 Å². The topological polar surface area (TPSA) is 71.5 Å². The second kappa shape index (κ2) is 7.99. The van der Waals surface area contributed by atoms with E-state index >= 15 is 0 Å². The van der Waals surface area contributed by atoms with Gasteiger partial charge in [-0.1, -0.05) is 13.0 Å². The summed E-state index contributed by atoms with van der Waals surface area (Å²) in [6.07, 6.45) is 3.93. The van der Waals surface area contributed by atoms with E-state index in [4.69, 9.17) is 4.74 Å². The molecule has 0 saturated carbocycles. The Balaban J connectivity index is 1.72. The Morgan fingerprint density at radius 3 is 2.65 bits per heavy atom. The average molecular weight is 353 g/mol. The van der Waals surface area contributed by atoms with Gasteiger partial charge in [-0.25, -0.2) is 9.78 Å². The van der Waals surface area contributed by atoms with Crippen LogP contribution in [0, 0.1) is 5.92 Å². The first-order valence-electron chi connectivity index (χ1n) is 8.77. The van der Waals surface area contributed by atoms with Crippen molar-refractivity contribution in [3.63, 3.8) is 0 Å². The molecule has 26 heavy (non-hydrogen) atoms. The first-order chi connectivity index (χ1) is 12.6. The maximum absolute atomic E-state index is 12.6. The maximum Gasteiger partial charge on any atom is 0.337 e. The van der Waals surface area contributed by atoms with Gasteiger partial charge in [0.2, 0.25) is 0 Å². The van der Waals surface area contributed by atoms with E-state index in [0.717, 1.165) is 37.7 Å². The number of amides is 1. The number of esters is 1. The maximum atomic E-state index is 12.6. The largest absolute Gasteiger partial charge is 0.465 e. The smallest absolute Gasteiger partial charge is 0.337 e. The molecule has 136 valence electrons. The molecule has 2 aromatic rings. The molecule has 1 N–H and O–H groups in total. The third kappa shape index (κ3) is 4.20. The number of carbonyl (C=O) groups is 2. The van der Waals surface area contributed by atoms with Gasteiger partial charge in [-0.2, -0.15) is 0 Å². The van der Waals surface area contributed by atoms with E-state index < -0.39 is 5.97 Å². The fourth-order valence-electron chi connectivity index (χ4n) is 3.02. The molecular formula is C20H23N3O3. The lowest BCUT2D eigenvalue weighted by atomic mass is 9.99. The molecule has 1 amide bonds. The van der Waals surface area contributed by atoms with Crippen LogP contribution in [-0.2, 0) is 4.74 Å². The lowest BCUT2D eigenvalue weighted by molar-refractivity contribution is 0.0600. The molecule has 6 nitrogen and oxygen atoms in total. The molecular weight excluding hydrogens is 330 g/mol. The summed E-state index contributed by atoms with van der Waals surface area (Å²) in [4.78, 5) is 30.8. The standard InChI is InChI=1S/C20H23N3O3/c1-14-7-10-23(11-8-14)18-13-15(6-9-21-18)19(24)22-17-5-3-4-16(12-17)20(25)26-2/h3-6,9,12-14H,7-8,10-11H2,1-2H3,(H,22,24). The summed E-state index contributed by atoms with van der Waals surface area (Å²) < 4.78 is 4.71. The highest BCUT2D eigenvalue weighted by molar-refractivity contribution is 6.05. The Bertz CT molecular complexity index is 798. The van der Waals surface area contributed by atoms with Gasteiger partial charge in [-0.15, -0.1) is 0 Å². The van der Waals surface area contributed by atoms with Gasteiger partial charge in [0.15, 0.2) is 0 Å². The van der Waals surface area contributed by atoms with Crippen LogP contribution in [0.3, 0.4) is 0 Å². The van der Waals surface area contributed by atoms with Crippen molar-refractivity contribution >= 4 is 23.4 Å². The zero-order chi connectivity index (χ0) is 18.5. The Labute approximate surface area is 153 Å². The Morgan fingerprint density at radius 1 is 1.15 bits per heavy atom. The molecule has 6 heteroatoms. The molecule has 1 aliphatic rings. The lowest BCUT2D eigenvalue weighted by Gasteiger charge is -2.31. The zero-order valence-electron chi connectivity index (χ0n) is 15.1. The summed E-state index contributed by atoms with van der Waals surface area (Å²) in [6, 6.07) is 10.2. The summed E-state index contributed by atoms with van der Waals surface area (Å²) in [5.74, 6) is 0.889. The molecule has 2 heterocycles. The summed E-state index contributed by atoms with van der Waals surface area (Å²) in [5.41, 5.74) is 1.48. The van der Waals surface area contributed by atoms with Gasteiger partial charge in [0.25, 0.3) is 5.91 Å². The number of ether oxygens (including phenoxy) is 1. The van der Waals surface area contributed by atoms with Crippen molar-refractivity contribution in [1.29, 1.82) is 0 Å². The van der Waals surface area contributed by atoms with E-state index in [9.17, 15) is 9.59 Å². The van der Waals surface area contributed by atoms with Crippen molar-refractivity contribution in [2.45, 2.75) is 19.8 Å². The van der Waals surface area contributed by atoms with E-state index in [0.29, 0.717) is 16.8 Å². The van der Waals surface area contributed by atoms with Crippen LogP contribution in [-0.4, -0.2) is 37.1 Å². The number of anilines is 2. The number of aromatic nitrogens is 1. The van der Waals surface area contributed by atoms with Crippen LogP contribution in [0.2, 0.25) is 0 Å². The van der Waals surface area contributed by atoms with Crippen molar-refractivity contribution in [2.24, 2.45) is 5.92 Å². The molecule has 3 rings (SSSR count). The molecule has 1 saturated heterocycles. The third-order valence-electron chi connectivity index (χ3n) is 4.66. The van der Waals surface area contributed by atoms with Crippen LogP contribution < -0.4 is 10.2 Å². The molecule has 1 fully saturated rings. The van der Waals surface area contributed by atoms with Crippen LogP contribution in [0.25, 0.3) is 0 Å². The van der Waals surface area contributed by atoms with Gasteiger partial charge < -0.3 is 15.0 Å². The number of benzene rings is 1.